The number of nitrogens with zero attached hydrogens (tertiary/aromatic N) is 4. The second-order valence-corrected chi connectivity index (χ2v) is 8.44. The first-order valence-electron chi connectivity index (χ1n) is 9.36. The molecule has 4 rings (SSSR count). The van der Waals surface area contributed by atoms with E-state index in [1.54, 1.807) is 23.1 Å². The van der Waals surface area contributed by atoms with E-state index in [1.807, 2.05) is 33.0 Å². The number of rotatable bonds is 5. The van der Waals surface area contributed by atoms with Crippen LogP contribution in [-0.4, -0.2) is 63.7 Å². The van der Waals surface area contributed by atoms with Crippen LogP contribution in [0.1, 0.15) is 5.69 Å². The molecule has 156 valence electrons. The van der Waals surface area contributed by atoms with Crippen molar-refractivity contribution in [3.63, 3.8) is 0 Å². The number of para-hydroxylation sites is 1. The smallest absolute Gasteiger partial charge is 0.246 e. The number of carbonyl (C=O) groups excluding carboxylic acids is 2. The molecule has 1 N–H and O–H groups in total. The third kappa shape index (κ3) is 4.67. The van der Waals surface area contributed by atoms with Crippen LogP contribution >= 0.6 is 34.5 Å². The highest BCUT2D eigenvalue weighted by molar-refractivity contribution is 7.15. The molecule has 0 saturated carbocycles. The predicted octanol–water partition coefficient (Wildman–Crippen LogP) is 3.50. The fourth-order valence-electron chi connectivity index (χ4n) is 3.26. The minimum absolute atomic E-state index is 0.0867. The fraction of sp³-hybridized carbons (Fsp3) is 0.250. The summed E-state index contributed by atoms with van der Waals surface area (Å²) in [6, 6.07) is 7.13. The zero-order chi connectivity index (χ0) is 21.1. The molecule has 0 unspecified atom stereocenters. The normalized spacial score (nSPS) is 15.2. The fourth-order valence-corrected chi connectivity index (χ4v) is 4.45. The van der Waals surface area contributed by atoms with Crippen molar-refractivity contribution >= 4 is 63.1 Å². The number of anilines is 1. The van der Waals surface area contributed by atoms with Gasteiger partial charge in [-0.25, -0.2) is 4.98 Å². The molecule has 7 nitrogen and oxygen atoms in total. The van der Waals surface area contributed by atoms with E-state index in [4.69, 9.17) is 23.2 Å². The molecule has 30 heavy (non-hydrogen) atoms. The SMILES string of the molecule is O=C(CN1CCN(C(=O)/C=C/c2c(Cl)nc3sccn23)CC1)Nc1ccccc1Cl. The van der Waals surface area contributed by atoms with Gasteiger partial charge < -0.3 is 10.2 Å². The van der Waals surface area contributed by atoms with Gasteiger partial charge in [-0.1, -0.05) is 35.3 Å². The molecule has 0 radical (unpaired) electrons. The molecular weight excluding hydrogens is 445 g/mol. The zero-order valence-electron chi connectivity index (χ0n) is 15.9. The van der Waals surface area contributed by atoms with Crippen LogP contribution in [0.3, 0.4) is 0 Å². The van der Waals surface area contributed by atoms with Gasteiger partial charge in [-0.15, -0.1) is 11.3 Å². The Balaban J connectivity index is 1.28. The van der Waals surface area contributed by atoms with E-state index >= 15 is 0 Å². The van der Waals surface area contributed by atoms with Gasteiger partial charge in [0.05, 0.1) is 22.9 Å². The number of nitrogens with one attached hydrogen (secondary N) is 1. The largest absolute Gasteiger partial charge is 0.337 e. The van der Waals surface area contributed by atoms with Gasteiger partial charge in [0.2, 0.25) is 11.8 Å². The number of aromatic nitrogens is 2. The lowest BCUT2D eigenvalue weighted by Gasteiger charge is -2.33. The second kappa shape index (κ2) is 9.18. The number of piperazine rings is 1. The van der Waals surface area contributed by atoms with Crippen LogP contribution in [0.4, 0.5) is 5.69 Å². The molecule has 1 aromatic carbocycles. The zero-order valence-corrected chi connectivity index (χ0v) is 18.3. The summed E-state index contributed by atoms with van der Waals surface area (Å²) in [7, 11) is 0. The van der Waals surface area contributed by atoms with Crippen molar-refractivity contribution in [1.82, 2.24) is 19.2 Å². The number of imidazole rings is 1. The summed E-state index contributed by atoms with van der Waals surface area (Å²) in [6.45, 7) is 2.60. The first kappa shape index (κ1) is 20.9. The minimum atomic E-state index is -0.127. The highest BCUT2D eigenvalue weighted by Crippen LogP contribution is 2.23. The van der Waals surface area contributed by atoms with Crippen LogP contribution in [0.15, 0.2) is 41.9 Å². The van der Waals surface area contributed by atoms with Crippen LogP contribution < -0.4 is 5.32 Å². The van der Waals surface area contributed by atoms with Crippen LogP contribution in [-0.2, 0) is 9.59 Å². The van der Waals surface area contributed by atoms with E-state index in [0.29, 0.717) is 47.7 Å². The monoisotopic (exact) mass is 463 g/mol. The summed E-state index contributed by atoms with van der Waals surface area (Å²) < 4.78 is 1.85. The standard InChI is InChI=1S/C20H19Cl2N5O2S/c21-14-3-1-2-4-15(14)23-17(28)13-25-7-9-26(10-8-25)18(29)6-5-16-19(22)24-20-27(16)11-12-30-20/h1-6,11-12H,7-10,13H2,(H,23,28)/b6-5+. The van der Waals surface area contributed by atoms with Gasteiger partial charge in [0.15, 0.2) is 10.1 Å². The molecule has 2 aromatic heterocycles. The first-order chi connectivity index (χ1) is 14.5. The van der Waals surface area contributed by atoms with Gasteiger partial charge in [0.25, 0.3) is 0 Å². The maximum atomic E-state index is 12.5. The summed E-state index contributed by atoms with van der Waals surface area (Å²) >= 11 is 13.7. The molecule has 10 heteroatoms. The van der Waals surface area contributed by atoms with Crippen molar-refractivity contribution in [1.29, 1.82) is 0 Å². The number of halogens is 2. The molecular formula is C20H19Cl2N5O2S. The summed E-state index contributed by atoms with van der Waals surface area (Å²) in [5, 5.41) is 5.62. The maximum Gasteiger partial charge on any atom is 0.246 e. The topological polar surface area (TPSA) is 70.0 Å². The number of carbonyl (C=O) groups is 2. The Bertz CT molecular complexity index is 1100. The van der Waals surface area contributed by atoms with Crippen molar-refractivity contribution in [2.45, 2.75) is 0 Å². The van der Waals surface area contributed by atoms with Gasteiger partial charge in [-0.3, -0.25) is 18.9 Å². The van der Waals surface area contributed by atoms with Crippen molar-refractivity contribution in [3.8, 4) is 0 Å². The summed E-state index contributed by atoms with van der Waals surface area (Å²) in [5.74, 6) is -0.214. The molecule has 0 aliphatic carbocycles. The average molecular weight is 464 g/mol. The van der Waals surface area contributed by atoms with E-state index in [0.717, 1.165) is 4.96 Å². The van der Waals surface area contributed by atoms with E-state index in [-0.39, 0.29) is 18.4 Å². The number of benzene rings is 1. The van der Waals surface area contributed by atoms with Crippen molar-refractivity contribution in [2.24, 2.45) is 0 Å². The van der Waals surface area contributed by atoms with Gasteiger partial charge in [0, 0.05) is 43.8 Å². The Hall–Kier alpha value is -2.39. The molecule has 2 amide bonds. The van der Waals surface area contributed by atoms with Gasteiger partial charge >= 0.3 is 0 Å². The molecule has 3 aromatic rings. The van der Waals surface area contributed by atoms with Crippen LogP contribution in [0, 0.1) is 0 Å². The van der Waals surface area contributed by atoms with Gasteiger partial charge in [-0.05, 0) is 18.2 Å². The molecule has 3 heterocycles. The van der Waals surface area contributed by atoms with E-state index < -0.39 is 0 Å². The van der Waals surface area contributed by atoms with E-state index in [1.165, 1.54) is 17.4 Å². The third-order valence-corrected chi connectivity index (χ3v) is 6.20. The van der Waals surface area contributed by atoms with Gasteiger partial charge in [0.1, 0.15) is 0 Å². The Labute approximate surface area is 187 Å². The molecule has 1 aliphatic rings. The number of hydrogen-bond donors (Lipinski definition) is 1. The van der Waals surface area contributed by atoms with Crippen LogP contribution in [0.2, 0.25) is 10.2 Å². The molecule has 1 aliphatic heterocycles. The number of hydrogen-bond acceptors (Lipinski definition) is 5. The number of fused-ring (bicyclic) bond motifs is 1. The van der Waals surface area contributed by atoms with Crippen LogP contribution in [0.25, 0.3) is 11.0 Å². The minimum Gasteiger partial charge on any atom is -0.337 e. The maximum absolute atomic E-state index is 12.5. The molecule has 0 bridgehead atoms. The van der Waals surface area contributed by atoms with Crippen molar-refractivity contribution in [2.75, 3.05) is 38.0 Å². The van der Waals surface area contributed by atoms with Crippen LogP contribution in [0.5, 0.6) is 0 Å². The quantitative estimate of drug-likeness (QED) is 0.587. The Morgan fingerprint density at radius 1 is 1.17 bits per heavy atom. The highest BCUT2D eigenvalue weighted by atomic mass is 35.5. The lowest BCUT2D eigenvalue weighted by Crippen LogP contribution is -2.50. The van der Waals surface area contributed by atoms with E-state index in [9.17, 15) is 9.59 Å². The Kier molecular flexibility index (Phi) is 6.38. The number of thiazole rings is 1. The first-order valence-corrected chi connectivity index (χ1v) is 11.0. The van der Waals surface area contributed by atoms with Gasteiger partial charge in [-0.2, -0.15) is 0 Å². The Morgan fingerprint density at radius 3 is 2.70 bits per heavy atom. The van der Waals surface area contributed by atoms with Crippen molar-refractivity contribution in [3.05, 3.63) is 57.8 Å². The molecule has 0 atom stereocenters. The van der Waals surface area contributed by atoms with Crippen molar-refractivity contribution < 1.29 is 9.59 Å². The lowest BCUT2D eigenvalue weighted by atomic mass is 10.2. The second-order valence-electron chi connectivity index (χ2n) is 6.81. The van der Waals surface area contributed by atoms with E-state index in [2.05, 4.69) is 10.3 Å². The average Bonchev–Trinajstić information content (AvgIpc) is 3.29. The Morgan fingerprint density at radius 2 is 1.93 bits per heavy atom. The summed E-state index contributed by atoms with van der Waals surface area (Å²) in [6.07, 6.45) is 5.09. The molecule has 1 fully saturated rings. The predicted molar refractivity (Wildman–Crippen MR) is 120 cm³/mol. The number of amides is 2. The third-order valence-electron chi connectivity index (χ3n) is 4.84. The highest BCUT2D eigenvalue weighted by Gasteiger charge is 2.21. The summed E-state index contributed by atoms with van der Waals surface area (Å²) in [5.41, 5.74) is 1.29. The lowest BCUT2D eigenvalue weighted by molar-refractivity contribution is -0.127. The summed E-state index contributed by atoms with van der Waals surface area (Å²) in [4.78, 5) is 33.6. The molecule has 1 saturated heterocycles. The molecule has 0 spiro atoms.